The number of anilines is 1. The lowest BCUT2D eigenvalue weighted by Gasteiger charge is -2.27. The first-order valence-electron chi connectivity index (χ1n) is 9.78. The van der Waals surface area contributed by atoms with Crippen molar-refractivity contribution in [3.8, 4) is 0 Å². The first-order chi connectivity index (χ1) is 13.5. The molecule has 1 aromatic heterocycles. The summed E-state index contributed by atoms with van der Waals surface area (Å²) in [5.74, 6) is 0.763. The number of carbonyl (C=O) groups is 1. The van der Waals surface area contributed by atoms with Crippen molar-refractivity contribution in [1.82, 2.24) is 15.3 Å². The Kier molecular flexibility index (Phi) is 6.81. The molecule has 0 radical (unpaired) electrons. The maximum Gasteiger partial charge on any atom is 0.255 e. The second-order valence-corrected chi connectivity index (χ2v) is 7.17. The Bertz CT molecular complexity index is 844. The number of hydrogen-bond acceptors (Lipinski definition) is 5. The summed E-state index contributed by atoms with van der Waals surface area (Å²) < 4.78 is 5.33. The van der Waals surface area contributed by atoms with Crippen LogP contribution >= 0.6 is 0 Å². The number of amides is 1. The molecule has 1 aliphatic rings. The number of H-pyrrole nitrogens is 1. The topological polar surface area (TPSA) is 87.3 Å². The molecule has 0 spiro atoms. The number of carbonyl (C=O) groups excluding carboxylic acids is 1. The van der Waals surface area contributed by atoms with Crippen molar-refractivity contribution < 1.29 is 9.53 Å². The van der Waals surface area contributed by atoms with Crippen LogP contribution in [0, 0.1) is 6.92 Å². The highest BCUT2D eigenvalue weighted by atomic mass is 16.5. The maximum atomic E-state index is 12.5. The van der Waals surface area contributed by atoms with Gasteiger partial charge in [0, 0.05) is 37.3 Å². The maximum absolute atomic E-state index is 12.5. The van der Waals surface area contributed by atoms with E-state index in [1.807, 2.05) is 30.0 Å². The van der Waals surface area contributed by atoms with Gasteiger partial charge in [-0.1, -0.05) is 37.3 Å². The van der Waals surface area contributed by atoms with Gasteiger partial charge in [-0.2, -0.15) is 0 Å². The molecule has 150 valence electrons. The van der Waals surface area contributed by atoms with Gasteiger partial charge in [0.1, 0.15) is 0 Å². The Balaban J connectivity index is 1.53. The van der Waals surface area contributed by atoms with Crippen molar-refractivity contribution in [3.63, 3.8) is 0 Å². The zero-order valence-corrected chi connectivity index (χ0v) is 16.5. The van der Waals surface area contributed by atoms with Crippen LogP contribution in [0.5, 0.6) is 0 Å². The molecule has 1 fully saturated rings. The minimum absolute atomic E-state index is 0.0566. The summed E-state index contributed by atoms with van der Waals surface area (Å²) in [5, 5.41) is 2.96. The fourth-order valence-corrected chi connectivity index (χ4v) is 3.31. The number of aromatic nitrogens is 2. The predicted molar refractivity (Wildman–Crippen MR) is 109 cm³/mol. The fraction of sp³-hybridized carbons (Fsp3) is 0.476. The van der Waals surface area contributed by atoms with Crippen molar-refractivity contribution in [2.45, 2.75) is 32.6 Å². The summed E-state index contributed by atoms with van der Waals surface area (Å²) >= 11 is 0. The highest BCUT2D eigenvalue weighted by Gasteiger charge is 2.17. The molecule has 1 aromatic carbocycles. The van der Waals surface area contributed by atoms with Crippen molar-refractivity contribution in [1.29, 1.82) is 0 Å². The molecule has 2 heterocycles. The zero-order valence-electron chi connectivity index (χ0n) is 16.5. The van der Waals surface area contributed by atoms with E-state index in [-0.39, 0.29) is 23.8 Å². The van der Waals surface area contributed by atoms with Gasteiger partial charge in [-0.15, -0.1) is 0 Å². The highest BCUT2D eigenvalue weighted by Crippen LogP contribution is 2.14. The Morgan fingerprint density at radius 3 is 2.68 bits per heavy atom. The van der Waals surface area contributed by atoms with Gasteiger partial charge in [-0.3, -0.25) is 14.6 Å². The lowest BCUT2D eigenvalue weighted by atomic mass is 10.0. The molecule has 7 heteroatoms. The molecule has 0 bridgehead atoms. The summed E-state index contributed by atoms with van der Waals surface area (Å²) in [4.78, 5) is 34.1. The quantitative estimate of drug-likeness (QED) is 0.760. The molecule has 1 saturated heterocycles. The monoisotopic (exact) mass is 384 g/mol. The van der Waals surface area contributed by atoms with Gasteiger partial charge in [-0.05, 0) is 24.8 Å². The SMILES string of the molecule is Cc1nc(N2CCOCC2)[nH]c(=O)c1CCC(=O)NC[C@H](C)c1ccccc1. The largest absolute Gasteiger partial charge is 0.378 e. The van der Waals surface area contributed by atoms with E-state index >= 15 is 0 Å². The normalized spacial score (nSPS) is 15.3. The van der Waals surface area contributed by atoms with Crippen LogP contribution < -0.4 is 15.8 Å². The molecule has 7 nitrogen and oxygen atoms in total. The molecule has 1 atom stereocenters. The third-order valence-corrected chi connectivity index (χ3v) is 5.10. The molecule has 1 aliphatic heterocycles. The van der Waals surface area contributed by atoms with E-state index in [1.165, 1.54) is 5.56 Å². The third-order valence-electron chi connectivity index (χ3n) is 5.10. The number of ether oxygens (including phenoxy) is 1. The molecule has 3 rings (SSSR count). The molecule has 2 N–H and O–H groups in total. The minimum Gasteiger partial charge on any atom is -0.378 e. The van der Waals surface area contributed by atoms with Crippen LogP contribution in [-0.2, 0) is 16.0 Å². The average molecular weight is 384 g/mol. The molecule has 28 heavy (non-hydrogen) atoms. The summed E-state index contributed by atoms with van der Waals surface area (Å²) in [7, 11) is 0. The standard InChI is InChI=1S/C21H28N4O3/c1-15(17-6-4-3-5-7-17)14-22-19(26)9-8-18-16(2)23-21(24-20(18)27)25-10-12-28-13-11-25/h3-7,15H,8-14H2,1-2H3,(H,22,26)(H,23,24,27)/t15-/m0/s1. The molecule has 0 saturated carbocycles. The molecule has 1 amide bonds. The number of aromatic amines is 1. The van der Waals surface area contributed by atoms with Crippen LogP contribution in [0.3, 0.4) is 0 Å². The van der Waals surface area contributed by atoms with Gasteiger partial charge in [0.2, 0.25) is 11.9 Å². The number of hydrogen-bond donors (Lipinski definition) is 2. The van der Waals surface area contributed by atoms with E-state index in [2.05, 4.69) is 34.3 Å². The van der Waals surface area contributed by atoms with Crippen LogP contribution in [0.25, 0.3) is 0 Å². The molecule has 0 unspecified atom stereocenters. The van der Waals surface area contributed by atoms with Gasteiger partial charge < -0.3 is 15.0 Å². The van der Waals surface area contributed by atoms with E-state index in [0.717, 1.165) is 0 Å². The minimum atomic E-state index is -0.167. The highest BCUT2D eigenvalue weighted by molar-refractivity contribution is 5.76. The first-order valence-corrected chi connectivity index (χ1v) is 9.78. The third kappa shape index (κ3) is 5.19. The number of rotatable bonds is 7. The summed E-state index contributed by atoms with van der Waals surface area (Å²) in [6.07, 6.45) is 0.646. The van der Waals surface area contributed by atoms with E-state index in [1.54, 1.807) is 0 Å². The van der Waals surface area contributed by atoms with Crippen LogP contribution in [0.1, 0.15) is 36.1 Å². The van der Waals surface area contributed by atoms with Gasteiger partial charge in [-0.25, -0.2) is 4.98 Å². The number of nitrogens with one attached hydrogen (secondary N) is 2. The van der Waals surface area contributed by atoms with Crippen molar-refractivity contribution in [3.05, 3.63) is 57.5 Å². The predicted octanol–water partition coefficient (Wildman–Crippen LogP) is 1.77. The van der Waals surface area contributed by atoms with Crippen LogP contribution in [0.4, 0.5) is 5.95 Å². The van der Waals surface area contributed by atoms with Crippen LogP contribution in [0.2, 0.25) is 0 Å². The number of nitrogens with zero attached hydrogens (tertiary/aromatic N) is 2. The zero-order chi connectivity index (χ0) is 19.9. The van der Waals surface area contributed by atoms with Gasteiger partial charge in [0.15, 0.2) is 0 Å². The van der Waals surface area contributed by atoms with Gasteiger partial charge in [0.05, 0.1) is 13.2 Å². The second kappa shape index (κ2) is 9.50. The van der Waals surface area contributed by atoms with E-state index in [9.17, 15) is 9.59 Å². The first kappa shape index (κ1) is 20.1. The fourth-order valence-electron chi connectivity index (χ4n) is 3.31. The number of benzene rings is 1. The van der Waals surface area contributed by atoms with E-state index in [4.69, 9.17) is 4.74 Å². The van der Waals surface area contributed by atoms with Crippen molar-refractivity contribution in [2.75, 3.05) is 37.7 Å². The molecular weight excluding hydrogens is 356 g/mol. The molecule has 2 aromatic rings. The Morgan fingerprint density at radius 1 is 1.29 bits per heavy atom. The van der Waals surface area contributed by atoms with Gasteiger partial charge >= 0.3 is 0 Å². The van der Waals surface area contributed by atoms with Gasteiger partial charge in [0.25, 0.3) is 5.56 Å². The van der Waals surface area contributed by atoms with Crippen LogP contribution in [0.15, 0.2) is 35.1 Å². The lowest BCUT2D eigenvalue weighted by Crippen LogP contribution is -2.38. The number of aryl methyl sites for hydroxylation is 1. The number of morpholine rings is 1. The van der Waals surface area contributed by atoms with Crippen LogP contribution in [-0.4, -0.2) is 48.7 Å². The Labute approximate surface area is 165 Å². The lowest BCUT2D eigenvalue weighted by molar-refractivity contribution is -0.121. The Morgan fingerprint density at radius 2 is 2.00 bits per heavy atom. The Hall–Kier alpha value is -2.67. The summed E-state index contributed by atoms with van der Waals surface area (Å²) in [6, 6.07) is 10.1. The second-order valence-electron chi connectivity index (χ2n) is 7.17. The average Bonchev–Trinajstić information content (AvgIpc) is 2.72. The smallest absolute Gasteiger partial charge is 0.255 e. The van der Waals surface area contributed by atoms with Crippen molar-refractivity contribution in [2.24, 2.45) is 0 Å². The summed E-state index contributed by atoms with van der Waals surface area (Å²) in [6.45, 7) is 7.17. The van der Waals surface area contributed by atoms with E-state index < -0.39 is 0 Å². The molecule has 0 aliphatic carbocycles. The molecular formula is C21H28N4O3. The summed E-state index contributed by atoms with van der Waals surface area (Å²) in [5.41, 5.74) is 2.27. The van der Waals surface area contributed by atoms with Crippen molar-refractivity contribution >= 4 is 11.9 Å². The van der Waals surface area contributed by atoms with E-state index in [0.29, 0.717) is 56.5 Å².